The number of halogens is 3. The van der Waals surface area contributed by atoms with E-state index in [0.29, 0.717) is 12.5 Å². The second-order valence-corrected chi connectivity index (χ2v) is 4.71. The number of allylic oxidation sites excluding steroid dienone is 1. The van der Waals surface area contributed by atoms with Gasteiger partial charge in [0.25, 0.3) is 0 Å². The monoisotopic (exact) mass is 284 g/mol. The van der Waals surface area contributed by atoms with Gasteiger partial charge < -0.3 is 4.74 Å². The Balaban J connectivity index is 2.17. The maximum atomic E-state index is 13.0. The van der Waals surface area contributed by atoms with Gasteiger partial charge in [-0.1, -0.05) is 30.3 Å². The van der Waals surface area contributed by atoms with E-state index in [1.54, 1.807) is 19.1 Å². The number of rotatable bonds is 4. The van der Waals surface area contributed by atoms with Crippen LogP contribution in [0.1, 0.15) is 24.8 Å². The minimum Gasteiger partial charge on any atom is -0.463 e. The van der Waals surface area contributed by atoms with Gasteiger partial charge in [-0.05, 0) is 30.7 Å². The van der Waals surface area contributed by atoms with Crippen molar-refractivity contribution in [2.75, 3.05) is 6.61 Å². The number of hydrogen-bond donors (Lipinski definition) is 0. The molecule has 0 bridgehead atoms. The van der Waals surface area contributed by atoms with E-state index in [1.165, 1.54) is 0 Å². The number of ether oxygens (including phenoxy) is 1. The Morgan fingerprint density at radius 2 is 2.00 bits per heavy atom. The van der Waals surface area contributed by atoms with Gasteiger partial charge in [-0.3, -0.25) is 0 Å². The highest BCUT2D eigenvalue weighted by Crippen LogP contribution is 2.55. The van der Waals surface area contributed by atoms with Gasteiger partial charge in [0.15, 0.2) is 0 Å². The predicted octanol–water partition coefficient (Wildman–Crippen LogP) is 3.84. The van der Waals surface area contributed by atoms with Crippen LogP contribution < -0.4 is 0 Å². The maximum Gasteiger partial charge on any atom is 0.413 e. The maximum absolute atomic E-state index is 13.0. The average Bonchev–Trinajstić information content (AvgIpc) is 3.16. The first-order valence-electron chi connectivity index (χ1n) is 6.44. The molecule has 1 saturated carbocycles. The average molecular weight is 284 g/mol. The van der Waals surface area contributed by atoms with Gasteiger partial charge >= 0.3 is 12.1 Å². The van der Waals surface area contributed by atoms with E-state index in [0.717, 1.165) is 5.56 Å². The van der Waals surface area contributed by atoms with E-state index in [9.17, 15) is 18.0 Å². The zero-order chi connectivity index (χ0) is 14.8. The molecule has 1 fully saturated rings. The summed E-state index contributed by atoms with van der Waals surface area (Å²) in [5.41, 5.74) is 0.0845. The predicted molar refractivity (Wildman–Crippen MR) is 68.1 cm³/mol. The minimum atomic E-state index is -4.50. The fourth-order valence-electron chi connectivity index (χ4n) is 2.32. The molecule has 0 N–H and O–H groups in total. The van der Waals surface area contributed by atoms with Crippen molar-refractivity contribution in [1.82, 2.24) is 0 Å². The fraction of sp³-hybridized carbons (Fsp3) is 0.400. The van der Waals surface area contributed by atoms with Crippen LogP contribution in [0.5, 0.6) is 0 Å². The Labute approximate surface area is 115 Å². The molecule has 0 radical (unpaired) electrons. The van der Waals surface area contributed by atoms with Crippen molar-refractivity contribution in [2.45, 2.75) is 25.4 Å². The van der Waals surface area contributed by atoms with Crippen molar-refractivity contribution in [3.05, 3.63) is 47.5 Å². The van der Waals surface area contributed by atoms with Gasteiger partial charge in [-0.25, -0.2) is 4.79 Å². The molecule has 1 aliphatic carbocycles. The highest BCUT2D eigenvalue weighted by Gasteiger charge is 2.50. The van der Waals surface area contributed by atoms with Gasteiger partial charge in [0, 0.05) is 11.6 Å². The molecule has 0 unspecified atom stereocenters. The van der Waals surface area contributed by atoms with Crippen LogP contribution in [0, 0.1) is 5.92 Å². The standard InChI is InChI=1S/C15H15F3O2/c1-2-20-14(19)9-13(15(16,17)18)12-8-11(12)10-6-4-3-5-7-10/h3-7,9,11-12H,2,8H2,1H3/b13-9+/t11-,12+/m1/s1. The topological polar surface area (TPSA) is 26.3 Å². The molecule has 0 amide bonds. The normalized spacial score (nSPS) is 22.5. The number of alkyl halides is 3. The smallest absolute Gasteiger partial charge is 0.413 e. The summed E-state index contributed by atoms with van der Waals surface area (Å²) >= 11 is 0. The molecule has 0 heterocycles. The first-order valence-corrected chi connectivity index (χ1v) is 6.44. The van der Waals surface area contributed by atoms with Crippen molar-refractivity contribution in [3.63, 3.8) is 0 Å². The lowest BCUT2D eigenvalue weighted by Gasteiger charge is -2.11. The van der Waals surface area contributed by atoms with E-state index in [2.05, 4.69) is 4.74 Å². The Morgan fingerprint density at radius 3 is 2.55 bits per heavy atom. The van der Waals surface area contributed by atoms with Gasteiger partial charge in [0.05, 0.1) is 6.61 Å². The molecule has 0 saturated heterocycles. The number of hydrogen-bond acceptors (Lipinski definition) is 2. The summed E-state index contributed by atoms with van der Waals surface area (Å²) in [5, 5.41) is 0. The molecule has 108 valence electrons. The molecule has 2 nitrogen and oxygen atoms in total. The van der Waals surface area contributed by atoms with Crippen molar-refractivity contribution < 1.29 is 22.7 Å². The number of carbonyl (C=O) groups excluding carboxylic acids is 1. The lowest BCUT2D eigenvalue weighted by atomic mass is 10.0. The number of carbonyl (C=O) groups is 1. The molecule has 2 rings (SSSR count). The molecule has 0 aromatic heterocycles. The third-order valence-electron chi connectivity index (χ3n) is 3.30. The van der Waals surface area contributed by atoms with Gasteiger partial charge in [-0.2, -0.15) is 13.2 Å². The van der Waals surface area contributed by atoms with E-state index in [1.807, 2.05) is 18.2 Å². The highest BCUT2D eigenvalue weighted by molar-refractivity contribution is 5.83. The van der Waals surface area contributed by atoms with Crippen LogP contribution in [0.4, 0.5) is 13.2 Å². The number of esters is 1. The van der Waals surface area contributed by atoms with Crippen LogP contribution in [0.15, 0.2) is 42.0 Å². The molecular formula is C15H15F3O2. The summed E-state index contributed by atoms with van der Waals surface area (Å²) in [6, 6.07) is 9.03. The molecule has 1 aliphatic rings. The molecule has 0 spiro atoms. The van der Waals surface area contributed by atoms with Crippen molar-refractivity contribution in [2.24, 2.45) is 5.92 Å². The summed E-state index contributed by atoms with van der Waals surface area (Å²) in [6.45, 7) is 1.62. The Morgan fingerprint density at radius 1 is 1.35 bits per heavy atom. The zero-order valence-corrected chi connectivity index (χ0v) is 11.0. The number of benzene rings is 1. The third kappa shape index (κ3) is 3.40. The first kappa shape index (κ1) is 14.6. The van der Waals surface area contributed by atoms with Crippen LogP contribution in [-0.4, -0.2) is 18.8 Å². The van der Waals surface area contributed by atoms with Crippen LogP contribution in [-0.2, 0) is 9.53 Å². The second-order valence-electron chi connectivity index (χ2n) is 4.71. The summed E-state index contributed by atoms with van der Waals surface area (Å²) in [7, 11) is 0. The molecule has 2 atom stereocenters. The van der Waals surface area contributed by atoms with E-state index in [4.69, 9.17) is 0 Å². The van der Waals surface area contributed by atoms with Crippen LogP contribution in [0.25, 0.3) is 0 Å². The van der Waals surface area contributed by atoms with Crippen LogP contribution in [0.3, 0.4) is 0 Å². The molecule has 0 aliphatic heterocycles. The van der Waals surface area contributed by atoms with Gasteiger partial charge in [0.1, 0.15) is 0 Å². The molecule has 1 aromatic rings. The van der Waals surface area contributed by atoms with Crippen molar-refractivity contribution in [3.8, 4) is 0 Å². The SMILES string of the molecule is CCOC(=O)/C=C(\[C@H]1C[C@@H]1c1ccccc1)C(F)(F)F. The van der Waals surface area contributed by atoms with Crippen molar-refractivity contribution in [1.29, 1.82) is 0 Å². The molecule has 20 heavy (non-hydrogen) atoms. The first-order chi connectivity index (χ1) is 9.43. The fourth-order valence-corrected chi connectivity index (χ4v) is 2.32. The summed E-state index contributed by atoms with van der Waals surface area (Å²) in [5.74, 6) is -1.75. The highest BCUT2D eigenvalue weighted by atomic mass is 19.4. The van der Waals surface area contributed by atoms with E-state index < -0.39 is 23.6 Å². The van der Waals surface area contributed by atoms with Crippen LogP contribution in [0.2, 0.25) is 0 Å². The van der Waals surface area contributed by atoms with Crippen LogP contribution >= 0.6 is 0 Å². The van der Waals surface area contributed by atoms with E-state index in [-0.39, 0.29) is 12.5 Å². The second kappa shape index (κ2) is 5.69. The largest absolute Gasteiger partial charge is 0.463 e. The minimum absolute atomic E-state index is 0.0627. The lowest BCUT2D eigenvalue weighted by Crippen LogP contribution is -2.17. The molecule has 1 aromatic carbocycles. The van der Waals surface area contributed by atoms with Gasteiger partial charge in [0.2, 0.25) is 0 Å². The summed E-state index contributed by atoms with van der Waals surface area (Å²) in [6.07, 6.45) is -3.49. The summed E-state index contributed by atoms with van der Waals surface area (Å²) < 4.78 is 43.6. The zero-order valence-electron chi connectivity index (χ0n) is 11.0. The third-order valence-corrected chi connectivity index (χ3v) is 3.30. The Kier molecular flexibility index (Phi) is 4.16. The molecule has 5 heteroatoms. The van der Waals surface area contributed by atoms with Gasteiger partial charge in [-0.15, -0.1) is 0 Å². The lowest BCUT2D eigenvalue weighted by molar-refractivity contribution is -0.138. The summed E-state index contributed by atoms with van der Waals surface area (Å²) in [4.78, 5) is 11.3. The van der Waals surface area contributed by atoms with Crippen molar-refractivity contribution >= 4 is 5.97 Å². The Bertz CT molecular complexity index is 506. The quantitative estimate of drug-likeness (QED) is 0.620. The van der Waals surface area contributed by atoms with E-state index >= 15 is 0 Å². The Hall–Kier alpha value is -1.78. The molecular weight excluding hydrogens is 269 g/mol.